The Morgan fingerprint density at radius 3 is 2.67 bits per heavy atom. The monoisotopic (exact) mass is 310 g/mol. The zero-order valence-corrected chi connectivity index (χ0v) is 11.1. The Kier molecular flexibility index (Phi) is 4.04. The molecule has 6 nitrogen and oxygen atoms in total. The van der Waals surface area contributed by atoms with Crippen molar-refractivity contribution in [3.63, 3.8) is 0 Å². The number of hydrogen-bond donors (Lipinski definition) is 2. The number of carboxylic acids is 1. The first-order valence-electron chi connectivity index (χ1n) is 5.55. The number of nitrogens with two attached hydrogens (primary N) is 1. The standard InChI is InChI=1S/C13H8ClFN2O4/c14-9-4-6(13(19)20)5-10(17-9)21-8-3-1-2-7(15)11(8)12(16)18/h1-5H,(H2,16,18)(H,19,20). The molecule has 3 N–H and O–H groups in total. The van der Waals surface area contributed by atoms with Crippen molar-refractivity contribution >= 4 is 23.5 Å². The number of benzene rings is 1. The first-order valence-corrected chi connectivity index (χ1v) is 5.93. The van der Waals surface area contributed by atoms with E-state index in [1.54, 1.807) is 0 Å². The molecule has 1 aromatic heterocycles. The van der Waals surface area contributed by atoms with Crippen molar-refractivity contribution < 1.29 is 23.8 Å². The van der Waals surface area contributed by atoms with Crippen LogP contribution in [-0.2, 0) is 0 Å². The lowest BCUT2D eigenvalue weighted by Gasteiger charge is -2.09. The topological polar surface area (TPSA) is 103 Å². The van der Waals surface area contributed by atoms with Crippen molar-refractivity contribution in [2.75, 3.05) is 0 Å². The van der Waals surface area contributed by atoms with Crippen LogP contribution in [0.3, 0.4) is 0 Å². The Morgan fingerprint density at radius 1 is 1.33 bits per heavy atom. The minimum absolute atomic E-state index is 0.123. The third-order valence-electron chi connectivity index (χ3n) is 2.45. The fraction of sp³-hybridized carbons (Fsp3) is 0. The molecule has 0 saturated heterocycles. The molecule has 0 aliphatic rings. The summed E-state index contributed by atoms with van der Waals surface area (Å²) in [6.07, 6.45) is 0. The minimum Gasteiger partial charge on any atom is -0.478 e. The fourth-order valence-corrected chi connectivity index (χ4v) is 1.79. The number of carbonyl (C=O) groups excluding carboxylic acids is 1. The molecular weight excluding hydrogens is 303 g/mol. The van der Waals surface area contributed by atoms with E-state index in [2.05, 4.69) is 4.98 Å². The van der Waals surface area contributed by atoms with Crippen LogP contribution in [0.25, 0.3) is 0 Å². The van der Waals surface area contributed by atoms with Gasteiger partial charge in [0.1, 0.15) is 22.3 Å². The number of carbonyl (C=O) groups is 2. The number of ether oxygens (including phenoxy) is 1. The van der Waals surface area contributed by atoms with Gasteiger partial charge in [0.05, 0.1) is 5.56 Å². The first-order chi connectivity index (χ1) is 9.88. The average Bonchev–Trinajstić information content (AvgIpc) is 2.37. The zero-order valence-electron chi connectivity index (χ0n) is 10.3. The van der Waals surface area contributed by atoms with Crippen LogP contribution in [0.5, 0.6) is 11.6 Å². The lowest BCUT2D eigenvalue weighted by molar-refractivity contribution is 0.0696. The van der Waals surface area contributed by atoms with E-state index >= 15 is 0 Å². The van der Waals surface area contributed by atoms with Gasteiger partial charge in [-0.1, -0.05) is 17.7 Å². The highest BCUT2D eigenvalue weighted by atomic mass is 35.5. The van der Waals surface area contributed by atoms with Crippen molar-refractivity contribution in [3.05, 3.63) is 52.4 Å². The average molecular weight is 311 g/mol. The number of pyridine rings is 1. The predicted octanol–water partition coefficient (Wildman–Crippen LogP) is 2.46. The van der Waals surface area contributed by atoms with Crippen LogP contribution in [0.2, 0.25) is 5.15 Å². The molecule has 8 heteroatoms. The van der Waals surface area contributed by atoms with E-state index < -0.39 is 23.3 Å². The van der Waals surface area contributed by atoms with E-state index in [-0.39, 0.29) is 22.3 Å². The number of aromatic nitrogens is 1. The van der Waals surface area contributed by atoms with E-state index in [1.165, 1.54) is 12.1 Å². The second-order valence-electron chi connectivity index (χ2n) is 3.90. The molecule has 21 heavy (non-hydrogen) atoms. The normalized spacial score (nSPS) is 10.2. The summed E-state index contributed by atoms with van der Waals surface area (Å²) >= 11 is 5.67. The van der Waals surface area contributed by atoms with E-state index in [0.29, 0.717) is 0 Å². The highest BCUT2D eigenvalue weighted by Gasteiger charge is 2.17. The largest absolute Gasteiger partial charge is 0.478 e. The summed E-state index contributed by atoms with van der Waals surface area (Å²) in [5, 5.41) is 8.79. The summed E-state index contributed by atoms with van der Waals surface area (Å²) in [5.74, 6) is -3.51. The van der Waals surface area contributed by atoms with Gasteiger partial charge in [0.15, 0.2) is 0 Å². The van der Waals surface area contributed by atoms with Crippen LogP contribution < -0.4 is 10.5 Å². The number of halogens is 2. The van der Waals surface area contributed by atoms with Gasteiger partial charge in [-0.05, 0) is 18.2 Å². The highest BCUT2D eigenvalue weighted by Crippen LogP contribution is 2.27. The van der Waals surface area contributed by atoms with Crippen LogP contribution in [0.15, 0.2) is 30.3 Å². The molecule has 108 valence electrons. The number of hydrogen-bond acceptors (Lipinski definition) is 4. The number of nitrogens with zero attached hydrogens (tertiary/aromatic N) is 1. The molecular formula is C13H8ClFN2O4. The molecule has 0 bridgehead atoms. The van der Waals surface area contributed by atoms with Crippen LogP contribution in [0.1, 0.15) is 20.7 Å². The maximum atomic E-state index is 13.6. The van der Waals surface area contributed by atoms with Gasteiger partial charge in [-0.15, -0.1) is 0 Å². The third-order valence-corrected chi connectivity index (χ3v) is 2.65. The molecule has 2 aromatic rings. The Morgan fingerprint density at radius 2 is 2.05 bits per heavy atom. The Balaban J connectivity index is 2.46. The van der Waals surface area contributed by atoms with Crippen molar-refractivity contribution in [1.29, 1.82) is 0 Å². The van der Waals surface area contributed by atoms with E-state index in [9.17, 15) is 14.0 Å². The van der Waals surface area contributed by atoms with Gasteiger partial charge < -0.3 is 15.6 Å². The van der Waals surface area contributed by atoms with Gasteiger partial charge in [0.2, 0.25) is 5.88 Å². The molecule has 0 fully saturated rings. The molecule has 0 radical (unpaired) electrons. The van der Waals surface area contributed by atoms with Crippen LogP contribution in [0, 0.1) is 5.82 Å². The highest BCUT2D eigenvalue weighted by molar-refractivity contribution is 6.29. The van der Waals surface area contributed by atoms with Gasteiger partial charge >= 0.3 is 5.97 Å². The van der Waals surface area contributed by atoms with E-state index in [1.807, 2.05) is 0 Å². The molecule has 0 atom stereocenters. The molecule has 0 spiro atoms. The summed E-state index contributed by atoms with van der Waals surface area (Å²) in [5.41, 5.74) is 4.45. The number of carboxylic acid groups (broad SMARTS) is 1. The van der Waals surface area contributed by atoms with Crippen LogP contribution in [0.4, 0.5) is 4.39 Å². The Bertz CT molecular complexity index is 736. The molecule has 1 amide bonds. The molecule has 1 aromatic carbocycles. The van der Waals surface area contributed by atoms with Gasteiger partial charge in [-0.2, -0.15) is 0 Å². The molecule has 2 rings (SSSR count). The lowest BCUT2D eigenvalue weighted by Crippen LogP contribution is -2.14. The van der Waals surface area contributed by atoms with E-state index in [0.717, 1.165) is 18.2 Å². The van der Waals surface area contributed by atoms with Crippen molar-refractivity contribution in [3.8, 4) is 11.6 Å². The maximum Gasteiger partial charge on any atom is 0.335 e. The molecule has 1 heterocycles. The van der Waals surface area contributed by atoms with Crippen molar-refractivity contribution in [2.45, 2.75) is 0 Å². The number of rotatable bonds is 4. The molecule has 0 unspecified atom stereocenters. The van der Waals surface area contributed by atoms with Crippen molar-refractivity contribution in [2.24, 2.45) is 5.73 Å². The first kappa shape index (κ1) is 14.7. The molecule has 0 aliphatic heterocycles. The van der Waals surface area contributed by atoms with Gasteiger partial charge in [-0.25, -0.2) is 14.2 Å². The molecule has 0 saturated carbocycles. The Hall–Kier alpha value is -2.67. The predicted molar refractivity (Wildman–Crippen MR) is 71.2 cm³/mol. The summed E-state index contributed by atoms with van der Waals surface area (Å²) in [6.45, 7) is 0. The van der Waals surface area contributed by atoms with Crippen LogP contribution in [-0.4, -0.2) is 22.0 Å². The summed E-state index contributed by atoms with van der Waals surface area (Å²) in [6, 6.07) is 5.86. The smallest absolute Gasteiger partial charge is 0.335 e. The number of primary amides is 1. The van der Waals surface area contributed by atoms with Gasteiger partial charge in [0, 0.05) is 6.07 Å². The maximum absolute atomic E-state index is 13.6. The van der Waals surface area contributed by atoms with Crippen molar-refractivity contribution in [1.82, 2.24) is 4.98 Å². The fourth-order valence-electron chi connectivity index (χ4n) is 1.59. The lowest BCUT2D eigenvalue weighted by atomic mass is 10.2. The number of aromatic carboxylic acids is 1. The third kappa shape index (κ3) is 3.26. The van der Waals surface area contributed by atoms with E-state index in [4.69, 9.17) is 27.2 Å². The SMILES string of the molecule is NC(=O)c1c(F)cccc1Oc1cc(C(=O)O)cc(Cl)n1. The van der Waals surface area contributed by atoms with Crippen LogP contribution >= 0.6 is 11.6 Å². The van der Waals surface area contributed by atoms with Gasteiger partial charge in [0.25, 0.3) is 5.91 Å². The summed E-state index contributed by atoms with van der Waals surface area (Å²) < 4.78 is 18.8. The Labute approximate surface area is 122 Å². The second kappa shape index (κ2) is 5.76. The molecule has 0 aliphatic carbocycles. The minimum atomic E-state index is -1.24. The quantitative estimate of drug-likeness (QED) is 0.844. The summed E-state index contributed by atoms with van der Waals surface area (Å²) in [4.78, 5) is 25.9. The van der Waals surface area contributed by atoms with Gasteiger partial charge in [-0.3, -0.25) is 4.79 Å². The zero-order chi connectivity index (χ0) is 15.6. The number of amides is 1. The summed E-state index contributed by atoms with van der Waals surface area (Å²) in [7, 11) is 0. The second-order valence-corrected chi connectivity index (χ2v) is 4.29.